The number of imidazole rings is 1. The van der Waals surface area contributed by atoms with Crippen LogP contribution >= 0.6 is 0 Å². The largest absolute Gasteiger partial charge is 0.496 e. The molecule has 0 aliphatic rings. The van der Waals surface area contributed by atoms with Gasteiger partial charge >= 0.3 is 12.1 Å². The maximum absolute atomic E-state index is 15.9. The first-order chi connectivity index (χ1) is 23.0. The summed E-state index contributed by atoms with van der Waals surface area (Å²) in [6.07, 6.45) is 1.28. The number of para-hydroxylation sites is 1. The SMILES string of the molecule is CCCc1nc(CC)c(C(=O)OCc2ccccc2OC)n1Cc1ccc(-c2ccccc2S(=O)(=O)NC(=O)OCCC(C)C)cc1F. The molecule has 0 saturated carbocycles. The number of carbonyl (C=O) groups excluding carboxylic acids is 2. The second kappa shape index (κ2) is 16.4. The summed E-state index contributed by atoms with van der Waals surface area (Å²) in [5, 5.41) is 0. The van der Waals surface area contributed by atoms with Crippen LogP contribution in [0.4, 0.5) is 9.18 Å². The summed E-state index contributed by atoms with van der Waals surface area (Å²) >= 11 is 0. The van der Waals surface area contributed by atoms with Gasteiger partial charge in [-0.3, -0.25) is 0 Å². The Balaban J connectivity index is 1.62. The fourth-order valence-electron chi connectivity index (χ4n) is 5.18. The second-order valence-electron chi connectivity index (χ2n) is 11.6. The molecule has 1 heterocycles. The zero-order valence-electron chi connectivity index (χ0n) is 27.9. The molecule has 0 aliphatic carbocycles. The molecule has 12 heteroatoms. The molecule has 0 spiro atoms. The second-order valence-corrected chi connectivity index (χ2v) is 13.3. The number of aromatic nitrogens is 2. The van der Waals surface area contributed by atoms with E-state index in [4.69, 9.17) is 19.2 Å². The van der Waals surface area contributed by atoms with Crippen molar-refractivity contribution in [3.63, 3.8) is 0 Å². The molecule has 1 N–H and O–H groups in total. The van der Waals surface area contributed by atoms with Crippen molar-refractivity contribution in [3.8, 4) is 16.9 Å². The van der Waals surface area contributed by atoms with Crippen LogP contribution in [-0.2, 0) is 45.5 Å². The number of esters is 1. The van der Waals surface area contributed by atoms with Gasteiger partial charge in [0.15, 0.2) is 5.69 Å². The summed E-state index contributed by atoms with van der Waals surface area (Å²) in [4.78, 5) is 30.3. The highest BCUT2D eigenvalue weighted by Crippen LogP contribution is 2.30. The summed E-state index contributed by atoms with van der Waals surface area (Å²) in [5.41, 5.74) is 2.26. The van der Waals surface area contributed by atoms with E-state index >= 15 is 4.39 Å². The van der Waals surface area contributed by atoms with Gasteiger partial charge in [0.1, 0.15) is 24.0 Å². The molecule has 0 atom stereocenters. The molecule has 0 unspecified atom stereocenters. The highest BCUT2D eigenvalue weighted by atomic mass is 32.2. The van der Waals surface area contributed by atoms with Crippen LogP contribution in [0.2, 0.25) is 0 Å². The van der Waals surface area contributed by atoms with Crippen LogP contribution in [0, 0.1) is 11.7 Å². The van der Waals surface area contributed by atoms with Gasteiger partial charge in [-0.05, 0) is 48.9 Å². The summed E-state index contributed by atoms with van der Waals surface area (Å²) in [5.74, 6) is 0.306. The number of nitrogens with zero attached hydrogens (tertiary/aromatic N) is 2. The van der Waals surface area contributed by atoms with Gasteiger partial charge in [-0.15, -0.1) is 0 Å². The molecule has 4 aromatic rings. The summed E-state index contributed by atoms with van der Waals surface area (Å²) in [7, 11) is -2.79. The fraction of sp³-hybridized carbons (Fsp3) is 0.361. The average Bonchev–Trinajstić information content (AvgIpc) is 3.41. The van der Waals surface area contributed by atoms with E-state index in [0.29, 0.717) is 42.1 Å². The number of sulfonamides is 1. The first-order valence-electron chi connectivity index (χ1n) is 15.9. The van der Waals surface area contributed by atoms with Crippen molar-refractivity contribution in [2.24, 2.45) is 5.92 Å². The van der Waals surface area contributed by atoms with Crippen molar-refractivity contribution in [2.45, 2.75) is 71.4 Å². The lowest BCUT2D eigenvalue weighted by molar-refractivity contribution is 0.0456. The molecule has 0 fully saturated rings. The number of methoxy groups -OCH3 is 1. The van der Waals surface area contributed by atoms with Gasteiger partial charge in [0, 0.05) is 23.1 Å². The minimum absolute atomic E-state index is 0.00272. The highest BCUT2D eigenvalue weighted by molar-refractivity contribution is 7.90. The summed E-state index contributed by atoms with van der Waals surface area (Å²) in [6.45, 7) is 7.85. The minimum Gasteiger partial charge on any atom is -0.496 e. The first-order valence-corrected chi connectivity index (χ1v) is 17.4. The molecule has 10 nitrogen and oxygen atoms in total. The molecule has 4 rings (SSSR count). The first kappa shape index (κ1) is 36.1. The van der Waals surface area contributed by atoms with E-state index in [-0.39, 0.29) is 53.0 Å². The summed E-state index contributed by atoms with van der Waals surface area (Å²) in [6, 6.07) is 17.6. The molecule has 0 radical (unpaired) electrons. The number of rotatable bonds is 15. The Kier molecular flexibility index (Phi) is 12.4. The molecule has 0 saturated heterocycles. The lowest BCUT2D eigenvalue weighted by atomic mass is 10.0. The van der Waals surface area contributed by atoms with Gasteiger partial charge < -0.3 is 18.8 Å². The summed E-state index contributed by atoms with van der Waals surface area (Å²) < 4.78 is 61.9. The van der Waals surface area contributed by atoms with Crippen LogP contribution in [0.25, 0.3) is 11.1 Å². The topological polar surface area (TPSA) is 126 Å². The highest BCUT2D eigenvalue weighted by Gasteiger charge is 2.26. The predicted octanol–water partition coefficient (Wildman–Crippen LogP) is 7.08. The zero-order chi connectivity index (χ0) is 34.8. The van der Waals surface area contributed by atoms with Crippen LogP contribution in [0.15, 0.2) is 71.6 Å². The quantitative estimate of drug-likeness (QED) is 0.132. The lowest BCUT2D eigenvalue weighted by Crippen LogP contribution is -2.31. The predicted molar refractivity (Wildman–Crippen MR) is 180 cm³/mol. The van der Waals surface area contributed by atoms with E-state index in [1.54, 1.807) is 35.9 Å². The number of hydrogen-bond donors (Lipinski definition) is 1. The maximum atomic E-state index is 15.9. The van der Waals surface area contributed by atoms with Gasteiger partial charge in [-0.1, -0.05) is 76.2 Å². The Morgan fingerprint density at radius 1 is 0.979 bits per heavy atom. The molecule has 1 amide bonds. The Morgan fingerprint density at radius 2 is 1.71 bits per heavy atom. The van der Waals surface area contributed by atoms with E-state index < -0.39 is 27.9 Å². The Hall–Kier alpha value is -4.71. The standard InChI is InChI=1S/C36H42FN3O7S/c1-6-12-33-38-30(7-2)34(35(41)47-23-27-13-8-10-15-31(27)45-5)40(33)22-26-18-17-25(21-29(26)37)28-14-9-11-16-32(28)48(43,44)39-36(42)46-20-19-24(3)4/h8-11,13-18,21,24H,6-7,12,19-20,22-23H2,1-5H3,(H,39,42). The maximum Gasteiger partial charge on any atom is 0.421 e. The Bertz CT molecular complexity index is 1850. The number of hydrogen-bond acceptors (Lipinski definition) is 8. The Morgan fingerprint density at radius 3 is 2.40 bits per heavy atom. The molecule has 1 aromatic heterocycles. The average molecular weight is 680 g/mol. The number of amides is 1. The van der Waals surface area contributed by atoms with Gasteiger partial charge in [-0.25, -0.2) is 32.1 Å². The smallest absolute Gasteiger partial charge is 0.421 e. The number of benzene rings is 3. The molecule has 0 aliphatic heterocycles. The molecule has 48 heavy (non-hydrogen) atoms. The van der Waals surface area contributed by atoms with E-state index in [2.05, 4.69) is 0 Å². The van der Waals surface area contributed by atoms with Crippen molar-refractivity contribution in [1.29, 1.82) is 0 Å². The van der Waals surface area contributed by atoms with Crippen LogP contribution in [0.3, 0.4) is 0 Å². The lowest BCUT2D eigenvalue weighted by Gasteiger charge is -2.15. The zero-order valence-corrected chi connectivity index (χ0v) is 28.7. The third-order valence-corrected chi connectivity index (χ3v) is 9.06. The van der Waals surface area contributed by atoms with E-state index in [1.807, 2.05) is 50.6 Å². The number of halogens is 1. The third kappa shape index (κ3) is 8.80. The van der Waals surface area contributed by atoms with Gasteiger partial charge in [0.2, 0.25) is 0 Å². The molecule has 0 bridgehead atoms. The molecule has 256 valence electrons. The van der Waals surface area contributed by atoms with Crippen LogP contribution in [0.5, 0.6) is 5.75 Å². The van der Waals surface area contributed by atoms with Crippen molar-refractivity contribution >= 4 is 22.1 Å². The van der Waals surface area contributed by atoms with E-state index in [0.717, 1.165) is 6.42 Å². The van der Waals surface area contributed by atoms with E-state index in [1.165, 1.54) is 24.3 Å². The van der Waals surface area contributed by atoms with Crippen LogP contribution in [-0.4, -0.2) is 43.7 Å². The molecule has 3 aromatic carbocycles. The number of carbonyl (C=O) groups is 2. The normalized spacial score (nSPS) is 11.4. The van der Waals surface area contributed by atoms with Crippen molar-refractivity contribution in [2.75, 3.05) is 13.7 Å². The van der Waals surface area contributed by atoms with Crippen molar-refractivity contribution in [1.82, 2.24) is 14.3 Å². The number of aryl methyl sites for hydroxylation is 2. The molecular weight excluding hydrogens is 637 g/mol. The monoisotopic (exact) mass is 679 g/mol. The number of nitrogens with one attached hydrogen (secondary N) is 1. The third-order valence-electron chi connectivity index (χ3n) is 7.69. The fourth-order valence-corrected chi connectivity index (χ4v) is 6.30. The van der Waals surface area contributed by atoms with Gasteiger partial charge in [0.25, 0.3) is 10.0 Å². The van der Waals surface area contributed by atoms with Gasteiger partial charge in [0.05, 0.1) is 30.9 Å². The van der Waals surface area contributed by atoms with Crippen molar-refractivity contribution in [3.05, 3.63) is 101 Å². The Labute approximate surface area is 281 Å². The number of ether oxygens (including phenoxy) is 3. The van der Waals surface area contributed by atoms with Crippen molar-refractivity contribution < 1.29 is 36.6 Å². The van der Waals surface area contributed by atoms with E-state index in [9.17, 15) is 18.0 Å². The van der Waals surface area contributed by atoms with Crippen LogP contribution in [0.1, 0.15) is 73.7 Å². The van der Waals surface area contributed by atoms with Crippen LogP contribution < -0.4 is 9.46 Å². The van der Waals surface area contributed by atoms with Gasteiger partial charge in [-0.2, -0.15) is 0 Å². The minimum atomic E-state index is -4.34. The molecular formula is C36H42FN3O7S.